The van der Waals surface area contributed by atoms with Crippen molar-refractivity contribution >= 4 is 18.0 Å². The van der Waals surface area contributed by atoms with E-state index < -0.39 is 72.0 Å². The molecule has 7 atom stereocenters. The lowest BCUT2D eigenvalue weighted by Gasteiger charge is -2.35. The number of carbonyl (C=O) groups is 3. The summed E-state index contributed by atoms with van der Waals surface area (Å²) in [7, 11) is 2.78. The molecule has 2 saturated heterocycles. The molecule has 2 fully saturated rings. The molecular formula is C24H40N2O9. The fourth-order valence-electron chi connectivity index (χ4n) is 4.25. The first-order valence-corrected chi connectivity index (χ1v) is 11.7. The molecule has 0 spiro atoms. The van der Waals surface area contributed by atoms with Gasteiger partial charge in [0.2, 0.25) is 5.91 Å². The van der Waals surface area contributed by atoms with Crippen molar-refractivity contribution in [3.05, 3.63) is 12.7 Å². The minimum Gasteiger partial charge on any atom is -0.469 e. The number of carbonyl (C=O) groups excluding carboxylic acids is 3. The van der Waals surface area contributed by atoms with E-state index >= 15 is 0 Å². The van der Waals surface area contributed by atoms with Gasteiger partial charge in [0.15, 0.2) is 12.1 Å². The molecular weight excluding hydrogens is 460 g/mol. The van der Waals surface area contributed by atoms with E-state index in [1.165, 1.54) is 14.2 Å². The minimum absolute atomic E-state index is 0.00521. The molecule has 2 N–H and O–H groups in total. The topological polar surface area (TPSA) is 131 Å². The second-order valence-corrected chi connectivity index (χ2v) is 10.3. The van der Waals surface area contributed by atoms with E-state index in [0.29, 0.717) is 0 Å². The van der Waals surface area contributed by atoms with Gasteiger partial charge in [-0.2, -0.15) is 0 Å². The van der Waals surface area contributed by atoms with Crippen molar-refractivity contribution < 1.29 is 42.8 Å². The van der Waals surface area contributed by atoms with Gasteiger partial charge in [-0.05, 0) is 48.0 Å². The Hall–Kier alpha value is -2.21. The van der Waals surface area contributed by atoms with Gasteiger partial charge >= 0.3 is 12.1 Å². The number of allylic oxidation sites excluding steroid dienone is 1. The zero-order chi connectivity index (χ0) is 26.6. The Morgan fingerprint density at radius 2 is 1.80 bits per heavy atom. The summed E-state index contributed by atoms with van der Waals surface area (Å²) >= 11 is 0. The molecule has 2 heterocycles. The smallest absolute Gasteiger partial charge is 0.407 e. The summed E-state index contributed by atoms with van der Waals surface area (Å²) in [5.41, 5.74) is -0.760. The van der Waals surface area contributed by atoms with Crippen LogP contribution in [-0.2, 0) is 38.0 Å². The molecule has 0 aromatic carbocycles. The number of alkyl carbamates (subject to hydrolysis) is 1. The van der Waals surface area contributed by atoms with Crippen molar-refractivity contribution in [1.29, 1.82) is 0 Å². The molecule has 11 heteroatoms. The van der Waals surface area contributed by atoms with Crippen LogP contribution in [0.2, 0.25) is 0 Å². The van der Waals surface area contributed by atoms with Gasteiger partial charge in [-0.15, -0.1) is 6.58 Å². The van der Waals surface area contributed by atoms with Crippen LogP contribution in [0, 0.1) is 5.92 Å². The maximum absolute atomic E-state index is 13.4. The molecule has 0 radical (unpaired) electrons. The Bertz CT molecular complexity index is 779. The van der Waals surface area contributed by atoms with Crippen molar-refractivity contribution in [2.24, 2.45) is 5.92 Å². The first kappa shape index (κ1) is 29.0. The van der Waals surface area contributed by atoms with Gasteiger partial charge in [-0.1, -0.05) is 6.08 Å². The fraction of sp³-hybridized carbons (Fsp3) is 0.792. The number of fused-ring (bicyclic) bond motifs is 1. The van der Waals surface area contributed by atoms with Crippen molar-refractivity contribution in [2.75, 3.05) is 14.2 Å². The number of methoxy groups -OCH3 is 2. The first-order chi connectivity index (χ1) is 16.2. The van der Waals surface area contributed by atoms with Crippen LogP contribution >= 0.6 is 0 Å². The van der Waals surface area contributed by atoms with Crippen molar-refractivity contribution in [3.8, 4) is 0 Å². The molecule has 200 valence electrons. The third kappa shape index (κ3) is 7.89. The molecule has 2 amide bonds. The summed E-state index contributed by atoms with van der Waals surface area (Å²) in [6.45, 7) is 14.2. The van der Waals surface area contributed by atoms with E-state index in [0.717, 1.165) is 0 Å². The lowest BCUT2D eigenvalue weighted by Crippen LogP contribution is -2.58. The number of amides is 2. The average Bonchev–Trinajstić information content (AvgIpc) is 3.19. The maximum Gasteiger partial charge on any atom is 0.407 e. The SMILES string of the molecule is C=CC[C@H](C(=O)N[C@H](C)CC(=O)OC)[C@H](NC(=O)OC(C)(C)C)[C@H]1O[C@@H]2OC(C)(C)O[C@@H]2[C@H]1OC. The lowest BCUT2D eigenvalue weighted by atomic mass is 9.87. The number of ether oxygens (including phenoxy) is 6. The predicted octanol–water partition coefficient (Wildman–Crippen LogP) is 2.03. The van der Waals surface area contributed by atoms with Gasteiger partial charge in [-0.3, -0.25) is 9.59 Å². The second-order valence-electron chi connectivity index (χ2n) is 10.3. The van der Waals surface area contributed by atoms with Crippen molar-refractivity contribution in [1.82, 2.24) is 10.6 Å². The molecule has 11 nitrogen and oxygen atoms in total. The van der Waals surface area contributed by atoms with E-state index in [1.807, 2.05) is 0 Å². The number of nitrogens with one attached hydrogen (secondary N) is 2. The highest BCUT2D eigenvalue weighted by Crippen LogP contribution is 2.40. The number of hydrogen-bond donors (Lipinski definition) is 2. The summed E-state index contributed by atoms with van der Waals surface area (Å²) in [6.07, 6.45) is -1.69. The third-order valence-electron chi connectivity index (χ3n) is 5.62. The molecule has 2 aliphatic rings. The third-order valence-corrected chi connectivity index (χ3v) is 5.62. The quantitative estimate of drug-likeness (QED) is 0.342. The zero-order valence-electron chi connectivity index (χ0n) is 21.9. The summed E-state index contributed by atoms with van der Waals surface area (Å²) in [5, 5.41) is 5.62. The Morgan fingerprint density at radius 1 is 1.14 bits per heavy atom. The van der Waals surface area contributed by atoms with E-state index in [-0.39, 0.29) is 12.8 Å². The van der Waals surface area contributed by atoms with Gasteiger partial charge in [0, 0.05) is 13.2 Å². The molecule has 0 aliphatic carbocycles. The van der Waals surface area contributed by atoms with Gasteiger partial charge in [0.25, 0.3) is 0 Å². The van der Waals surface area contributed by atoms with Gasteiger partial charge in [-0.25, -0.2) is 4.79 Å². The second kappa shape index (κ2) is 11.7. The Kier molecular flexibility index (Phi) is 9.69. The van der Waals surface area contributed by atoms with E-state index in [1.54, 1.807) is 47.6 Å². The molecule has 2 aliphatic heterocycles. The summed E-state index contributed by atoms with van der Waals surface area (Å²) in [6, 6.07) is -1.39. The highest BCUT2D eigenvalue weighted by atomic mass is 16.8. The van der Waals surface area contributed by atoms with Crippen LogP contribution in [0.25, 0.3) is 0 Å². The molecule has 35 heavy (non-hydrogen) atoms. The van der Waals surface area contributed by atoms with E-state index in [2.05, 4.69) is 21.9 Å². The largest absolute Gasteiger partial charge is 0.469 e. The first-order valence-electron chi connectivity index (χ1n) is 11.7. The van der Waals surface area contributed by atoms with Crippen molar-refractivity contribution in [3.63, 3.8) is 0 Å². The van der Waals surface area contributed by atoms with Crippen LogP contribution in [0.4, 0.5) is 4.79 Å². The Labute approximate surface area is 207 Å². The number of rotatable bonds is 10. The van der Waals surface area contributed by atoms with Crippen LogP contribution < -0.4 is 10.6 Å². The Morgan fingerprint density at radius 3 is 2.34 bits per heavy atom. The van der Waals surface area contributed by atoms with Gasteiger partial charge in [0.1, 0.15) is 23.9 Å². The molecule has 0 unspecified atom stereocenters. The van der Waals surface area contributed by atoms with E-state index in [9.17, 15) is 14.4 Å². The normalized spacial score (nSPS) is 27.8. The highest BCUT2D eigenvalue weighted by Gasteiger charge is 2.58. The zero-order valence-corrected chi connectivity index (χ0v) is 21.9. The molecule has 2 rings (SSSR count). The highest BCUT2D eigenvalue weighted by molar-refractivity contribution is 5.82. The van der Waals surface area contributed by atoms with Crippen molar-refractivity contribution in [2.45, 2.75) is 102 Å². The maximum atomic E-state index is 13.4. The number of esters is 1. The summed E-state index contributed by atoms with van der Waals surface area (Å²) in [5.74, 6) is -2.55. The van der Waals surface area contributed by atoms with E-state index in [4.69, 9.17) is 23.7 Å². The monoisotopic (exact) mass is 500 g/mol. The average molecular weight is 501 g/mol. The Balaban J connectivity index is 2.33. The van der Waals surface area contributed by atoms with Crippen LogP contribution in [-0.4, -0.2) is 80.3 Å². The fourth-order valence-corrected chi connectivity index (χ4v) is 4.25. The van der Waals surface area contributed by atoms with Crippen LogP contribution in [0.3, 0.4) is 0 Å². The summed E-state index contributed by atoms with van der Waals surface area (Å²) in [4.78, 5) is 37.8. The summed E-state index contributed by atoms with van der Waals surface area (Å²) < 4.78 is 33.8. The molecule has 0 bridgehead atoms. The van der Waals surface area contributed by atoms with Gasteiger partial charge in [0.05, 0.1) is 25.5 Å². The number of hydrogen-bond acceptors (Lipinski definition) is 9. The lowest BCUT2D eigenvalue weighted by molar-refractivity contribution is -0.221. The molecule has 0 aromatic heterocycles. The molecule has 0 aromatic rings. The minimum atomic E-state index is -0.890. The van der Waals surface area contributed by atoms with Crippen LogP contribution in [0.1, 0.15) is 54.4 Å². The van der Waals surface area contributed by atoms with Gasteiger partial charge < -0.3 is 39.1 Å². The van der Waals surface area contributed by atoms with Crippen LogP contribution in [0.5, 0.6) is 0 Å². The van der Waals surface area contributed by atoms with Crippen LogP contribution in [0.15, 0.2) is 12.7 Å². The predicted molar refractivity (Wildman–Crippen MR) is 125 cm³/mol. The standard InChI is InChI=1S/C24H40N2O9/c1-10-11-14(20(28)25-13(2)12-15(27)30-8)16(26-22(29)35-23(3,4)5)17-18(31-9)19-21(32-17)34-24(6,7)33-19/h10,13-14,16-19,21H,1,11-12H2,2-9H3,(H,25,28)(H,26,29)/t13-,14+,16+,17-,18+,19-,21-/m1/s1. The molecule has 0 saturated carbocycles.